The predicted molar refractivity (Wildman–Crippen MR) is 96.4 cm³/mol. The molecule has 0 fully saturated rings. The number of rotatable bonds is 7. The van der Waals surface area contributed by atoms with Crippen molar-refractivity contribution in [3.05, 3.63) is 53.6 Å². The molecule has 2 aromatic rings. The zero-order chi connectivity index (χ0) is 17.5. The number of nitrogens with zero attached hydrogens (tertiary/aromatic N) is 1. The molecule has 0 aliphatic carbocycles. The molecule has 0 heterocycles. The lowest BCUT2D eigenvalue weighted by atomic mass is 10.1. The van der Waals surface area contributed by atoms with Crippen LogP contribution in [0.5, 0.6) is 11.5 Å². The van der Waals surface area contributed by atoms with Crippen molar-refractivity contribution in [2.75, 3.05) is 39.8 Å². The minimum atomic E-state index is -0.171. The normalized spacial score (nSPS) is 10.2. The summed E-state index contributed by atoms with van der Waals surface area (Å²) in [6, 6.07) is 13.6. The first-order valence-corrected chi connectivity index (χ1v) is 7.82. The van der Waals surface area contributed by atoms with Gasteiger partial charge in [0.05, 0.1) is 19.8 Å². The molecule has 0 radical (unpaired) electrons. The van der Waals surface area contributed by atoms with Crippen molar-refractivity contribution in [1.82, 2.24) is 5.32 Å². The van der Waals surface area contributed by atoms with Gasteiger partial charge in [-0.15, -0.1) is 0 Å². The number of hydrogen-bond acceptors (Lipinski definition) is 4. The van der Waals surface area contributed by atoms with E-state index in [1.54, 1.807) is 25.3 Å². The topological polar surface area (TPSA) is 50.8 Å². The van der Waals surface area contributed by atoms with Gasteiger partial charge in [0.25, 0.3) is 5.91 Å². The molecule has 128 valence electrons. The van der Waals surface area contributed by atoms with Crippen molar-refractivity contribution in [2.24, 2.45) is 0 Å². The molecule has 0 aliphatic heterocycles. The van der Waals surface area contributed by atoms with Crippen LogP contribution in [-0.4, -0.2) is 40.8 Å². The third-order valence-electron chi connectivity index (χ3n) is 3.80. The molecule has 0 aromatic heterocycles. The molecule has 24 heavy (non-hydrogen) atoms. The van der Waals surface area contributed by atoms with E-state index in [0.29, 0.717) is 23.6 Å². The molecular weight excluding hydrogens is 304 g/mol. The van der Waals surface area contributed by atoms with E-state index in [4.69, 9.17) is 9.47 Å². The number of benzene rings is 2. The number of amides is 1. The van der Waals surface area contributed by atoms with E-state index < -0.39 is 0 Å². The summed E-state index contributed by atoms with van der Waals surface area (Å²) in [6.07, 6.45) is 0.770. The van der Waals surface area contributed by atoms with Crippen LogP contribution >= 0.6 is 0 Å². The Morgan fingerprint density at radius 3 is 2.33 bits per heavy atom. The standard InChI is InChI=1S/C19H24N2O3/c1-21(2)15-10-8-14(9-11-15)12-13-20-19(22)16-6-5-7-17(23-3)18(16)24-4/h5-11H,12-13H2,1-4H3,(H,20,22). The number of para-hydroxylation sites is 1. The molecule has 0 spiro atoms. The van der Waals surface area contributed by atoms with Crippen LogP contribution in [0.4, 0.5) is 5.69 Å². The van der Waals surface area contributed by atoms with Crippen LogP contribution < -0.4 is 19.7 Å². The molecule has 0 atom stereocenters. The molecule has 5 heteroatoms. The highest BCUT2D eigenvalue weighted by atomic mass is 16.5. The fourth-order valence-corrected chi connectivity index (χ4v) is 2.44. The van der Waals surface area contributed by atoms with Gasteiger partial charge in [-0.2, -0.15) is 0 Å². The molecule has 1 amide bonds. The fraction of sp³-hybridized carbons (Fsp3) is 0.316. The fourth-order valence-electron chi connectivity index (χ4n) is 2.44. The van der Waals surface area contributed by atoms with Gasteiger partial charge in [0.1, 0.15) is 0 Å². The number of hydrogen-bond donors (Lipinski definition) is 1. The molecule has 0 aliphatic rings. The summed E-state index contributed by atoms with van der Waals surface area (Å²) in [5.41, 5.74) is 2.81. The molecule has 0 bridgehead atoms. The third kappa shape index (κ3) is 4.19. The number of ether oxygens (including phenoxy) is 2. The maximum Gasteiger partial charge on any atom is 0.255 e. The smallest absolute Gasteiger partial charge is 0.255 e. The van der Waals surface area contributed by atoms with E-state index in [1.807, 2.05) is 14.1 Å². The van der Waals surface area contributed by atoms with Gasteiger partial charge >= 0.3 is 0 Å². The van der Waals surface area contributed by atoms with Crippen LogP contribution in [0.15, 0.2) is 42.5 Å². The summed E-state index contributed by atoms with van der Waals surface area (Å²) < 4.78 is 10.5. The van der Waals surface area contributed by atoms with Crippen molar-refractivity contribution >= 4 is 11.6 Å². The van der Waals surface area contributed by atoms with Gasteiger partial charge in [-0.1, -0.05) is 18.2 Å². The quantitative estimate of drug-likeness (QED) is 0.849. The minimum absolute atomic E-state index is 0.171. The van der Waals surface area contributed by atoms with E-state index in [1.165, 1.54) is 12.7 Å². The van der Waals surface area contributed by atoms with Crippen LogP contribution in [-0.2, 0) is 6.42 Å². The van der Waals surface area contributed by atoms with E-state index in [0.717, 1.165) is 12.1 Å². The first kappa shape index (κ1) is 17.7. The SMILES string of the molecule is COc1cccc(C(=O)NCCc2ccc(N(C)C)cc2)c1OC. The Hall–Kier alpha value is -2.69. The average Bonchev–Trinajstić information content (AvgIpc) is 2.61. The Morgan fingerprint density at radius 1 is 1.04 bits per heavy atom. The Kier molecular flexibility index (Phi) is 6.07. The van der Waals surface area contributed by atoms with Gasteiger partial charge in [0.15, 0.2) is 11.5 Å². The lowest BCUT2D eigenvalue weighted by molar-refractivity contribution is 0.0950. The van der Waals surface area contributed by atoms with Crippen LogP contribution in [0.2, 0.25) is 0 Å². The lowest BCUT2D eigenvalue weighted by Crippen LogP contribution is -2.26. The van der Waals surface area contributed by atoms with Gasteiger partial charge in [-0.3, -0.25) is 4.79 Å². The number of anilines is 1. The van der Waals surface area contributed by atoms with Crippen molar-refractivity contribution in [3.63, 3.8) is 0 Å². The first-order chi connectivity index (χ1) is 11.6. The Balaban J connectivity index is 1.96. The highest BCUT2D eigenvalue weighted by Crippen LogP contribution is 2.30. The molecule has 0 unspecified atom stereocenters. The second-order valence-corrected chi connectivity index (χ2v) is 5.61. The second-order valence-electron chi connectivity index (χ2n) is 5.61. The Labute approximate surface area is 143 Å². The maximum absolute atomic E-state index is 12.4. The summed E-state index contributed by atoms with van der Waals surface area (Å²) >= 11 is 0. The van der Waals surface area contributed by atoms with E-state index >= 15 is 0 Å². The van der Waals surface area contributed by atoms with Crippen molar-refractivity contribution < 1.29 is 14.3 Å². The van der Waals surface area contributed by atoms with E-state index in [9.17, 15) is 4.79 Å². The summed E-state index contributed by atoms with van der Waals surface area (Å²) in [6.45, 7) is 0.556. The summed E-state index contributed by atoms with van der Waals surface area (Å²) in [5.74, 6) is 0.827. The predicted octanol–water partition coefficient (Wildman–Crippen LogP) is 2.74. The van der Waals surface area contributed by atoms with Gasteiger partial charge in [0.2, 0.25) is 0 Å². The Bertz CT molecular complexity index is 682. The van der Waals surface area contributed by atoms with Crippen molar-refractivity contribution in [3.8, 4) is 11.5 Å². The zero-order valence-corrected chi connectivity index (χ0v) is 14.6. The zero-order valence-electron chi connectivity index (χ0n) is 14.6. The number of carbonyl (C=O) groups is 1. The molecule has 2 aromatic carbocycles. The highest BCUT2D eigenvalue weighted by molar-refractivity contribution is 5.97. The van der Waals surface area contributed by atoms with Crippen molar-refractivity contribution in [2.45, 2.75) is 6.42 Å². The van der Waals surface area contributed by atoms with Crippen LogP contribution in [0.1, 0.15) is 15.9 Å². The largest absolute Gasteiger partial charge is 0.493 e. The summed E-state index contributed by atoms with van der Waals surface area (Å²) in [4.78, 5) is 14.4. The molecule has 0 saturated carbocycles. The third-order valence-corrected chi connectivity index (χ3v) is 3.80. The van der Waals surface area contributed by atoms with E-state index in [-0.39, 0.29) is 5.91 Å². The summed E-state index contributed by atoms with van der Waals surface area (Å²) in [5, 5.41) is 2.93. The van der Waals surface area contributed by atoms with Crippen LogP contribution in [0.3, 0.4) is 0 Å². The molecule has 5 nitrogen and oxygen atoms in total. The maximum atomic E-state index is 12.4. The summed E-state index contributed by atoms with van der Waals surface area (Å²) in [7, 11) is 7.10. The van der Waals surface area contributed by atoms with Crippen molar-refractivity contribution in [1.29, 1.82) is 0 Å². The highest BCUT2D eigenvalue weighted by Gasteiger charge is 2.15. The van der Waals surface area contributed by atoms with Crippen LogP contribution in [0, 0.1) is 0 Å². The number of carbonyl (C=O) groups excluding carboxylic acids is 1. The van der Waals surface area contributed by atoms with Gasteiger partial charge in [0, 0.05) is 26.3 Å². The molecule has 0 saturated heterocycles. The monoisotopic (exact) mass is 328 g/mol. The lowest BCUT2D eigenvalue weighted by Gasteiger charge is -2.13. The Morgan fingerprint density at radius 2 is 1.75 bits per heavy atom. The number of methoxy groups -OCH3 is 2. The second kappa shape index (κ2) is 8.24. The van der Waals surface area contributed by atoms with Gasteiger partial charge in [-0.25, -0.2) is 0 Å². The average molecular weight is 328 g/mol. The van der Waals surface area contributed by atoms with Gasteiger partial charge in [-0.05, 0) is 36.2 Å². The number of nitrogens with one attached hydrogen (secondary N) is 1. The van der Waals surface area contributed by atoms with Gasteiger partial charge < -0.3 is 19.7 Å². The first-order valence-electron chi connectivity index (χ1n) is 7.82. The molecular formula is C19H24N2O3. The van der Waals surface area contributed by atoms with E-state index in [2.05, 4.69) is 34.5 Å². The minimum Gasteiger partial charge on any atom is -0.493 e. The van der Waals surface area contributed by atoms with Crippen LogP contribution in [0.25, 0.3) is 0 Å². The molecule has 1 N–H and O–H groups in total. The molecule has 2 rings (SSSR count).